The van der Waals surface area contributed by atoms with Crippen molar-refractivity contribution in [3.8, 4) is 11.8 Å². The SMILES string of the molecule is Cc1nc(N(C)C(=O)C(C)C)nc(N)c1C#CC(C)(C)c1ccc(Cl)cn1. The first-order chi connectivity index (χ1) is 12.5. The summed E-state index contributed by atoms with van der Waals surface area (Å²) in [5.41, 5.74) is 7.56. The van der Waals surface area contributed by atoms with E-state index < -0.39 is 5.41 Å². The quantitative estimate of drug-likeness (QED) is 0.819. The fourth-order valence-corrected chi connectivity index (χ4v) is 2.51. The van der Waals surface area contributed by atoms with Crippen LogP contribution in [-0.2, 0) is 10.2 Å². The highest BCUT2D eigenvalue weighted by molar-refractivity contribution is 6.30. The third-order valence-corrected chi connectivity index (χ3v) is 4.32. The van der Waals surface area contributed by atoms with E-state index in [0.717, 1.165) is 5.69 Å². The van der Waals surface area contributed by atoms with Crippen molar-refractivity contribution < 1.29 is 4.79 Å². The van der Waals surface area contributed by atoms with Crippen LogP contribution in [0.2, 0.25) is 5.02 Å². The third-order valence-electron chi connectivity index (χ3n) is 4.10. The number of aryl methyl sites for hydroxylation is 1. The predicted molar refractivity (Wildman–Crippen MR) is 109 cm³/mol. The van der Waals surface area contributed by atoms with E-state index in [0.29, 0.717) is 16.3 Å². The fraction of sp³-hybridized carbons (Fsp3) is 0.400. The molecule has 0 spiro atoms. The third kappa shape index (κ3) is 4.75. The summed E-state index contributed by atoms with van der Waals surface area (Å²) < 4.78 is 0. The first kappa shape index (κ1) is 20.7. The molecule has 2 N–H and O–H groups in total. The van der Waals surface area contributed by atoms with Crippen LogP contribution < -0.4 is 10.6 Å². The van der Waals surface area contributed by atoms with E-state index in [1.54, 1.807) is 26.2 Å². The van der Waals surface area contributed by atoms with Gasteiger partial charge in [-0.25, -0.2) is 4.98 Å². The minimum absolute atomic E-state index is 0.0809. The van der Waals surface area contributed by atoms with Crippen LogP contribution in [-0.4, -0.2) is 27.9 Å². The molecule has 2 aromatic rings. The number of hydrogen-bond acceptors (Lipinski definition) is 5. The summed E-state index contributed by atoms with van der Waals surface area (Å²) in [6.45, 7) is 9.37. The highest BCUT2D eigenvalue weighted by Crippen LogP contribution is 2.23. The molecule has 0 aliphatic carbocycles. The Bertz CT molecular complexity index is 887. The van der Waals surface area contributed by atoms with Gasteiger partial charge in [0.15, 0.2) is 0 Å². The van der Waals surface area contributed by atoms with Crippen molar-refractivity contribution >= 4 is 29.3 Å². The van der Waals surface area contributed by atoms with E-state index in [1.165, 1.54) is 4.90 Å². The van der Waals surface area contributed by atoms with Crippen molar-refractivity contribution in [1.29, 1.82) is 0 Å². The van der Waals surface area contributed by atoms with Crippen molar-refractivity contribution in [2.45, 2.75) is 40.0 Å². The van der Waals surface area contributed by atoms with E-state index in [2.05, 4.69) is 26.8 Å². The lowest BCUT2D eigenvalue weighted by Crippen LogP contribution is -2.32. The second-order valence-corrected chi connectivity index (χ2v) is 7.59. The maximum Gasteiger partial charge on any atom is 0.234 e. The number of rotatable bonds is 3. The van der Waals surface area contributed by atoms with Gasteiger partial charge in [0.1, 0.15) is 5.82 Å². The van der Waals surface area contributed by atoms with Crippen molar-refractivity contribution in [3.05, 3.63) is 40.3 Å². The number of carbonyl (C=O) groups excluding carboxylic acids is 1. The number of hydrogen-bond donors (Lipinski definition) is 1. The molecule has 6 nitrogen and oxygen atoms in total. The van der Waals surface area contributed by atoms with Gasteiger partial charge in [0.25, 0.3) is 0 Å². The first-order valence-corrected chi connectivity index (χ1v) is 8.97. The second kappa shape index (κ2) is 7.93. The molecule has 7 heteroatoms. The minimum atomic E-state index is -0.507. The fourth-order valence-electron chi connectivity index (χ4n) is 2.40. The topological polar surface area (TPSA) is 85.0 Å². The average molecular weight is 386 g/mol. The molecule has 0 aliphatic rings. The van der Waals surface area contributed by atoms with Gasteiger partial charge in [0.2, 0.25) is 11.9 Å². The highest BCUT2D eigenvalue weighted by atomic mass is 35.5. The van der Waals surface area contributed by atoms with Gasteiger partial charge in [-0.05, 0) is 32.9 Å². The number of pyridine rings is 1. The van der Waals surface area contributed by atoms with E-state index in [4.69, 9.17) is 17.3 Å². The summed E-state index contributed by atoms with van der Waals surface area (Å²) in [6, 6.07) is 3.63. The Morgan fingerprint density at radius 3 is 2.48 bits per heavy atom. The van der Waals surface area contributed by atoms with E-state index in [1.807, 2.05) is 33.8 Å². The van der Waals surface area contributed by atoms with Gasteiger partial charge in [-0.3, -0.25) is 14.7 Å². The zero-order valence-corrected chi connectivity index (χ0v) is 17.2. The van der Waals surface area contributed by atoms with E-state index in [-0.39, 0.29) is 23.6 Å². The summed E-state index contributed by atoms with van der Waals surface area (Å²) in [5.74, 6) is 6.54. The molecule has 27 heavy (non-hydrogen) atoms. The minimum Gasteiger partial charge on any atom is -0.382 e. The molecule has 2 aromatic heterocycles. The standard InChI is InChI=1S/C20H24ClN5O/c1-12(2)18(27)26(6)19-24-13(3)15(17(22)25-19)9-10-20(4,5)16-8-7-14(21)11-23-16/h7-8,11-12H,1-6H3,(H2,22,24,25). The molecule has 2 heterocycles. The molecule has 1 amide bonds. The zero-order chi connectivity index (χ0) is 20.4. The van der Waals surface area contributed by atoms with Gasteiger partial charge < -0.3 is 5.73 Å². The lowest BCUT2D eigenvalue weighted by atomic mass is 9.89. The van der Waals surface area contributed by atoms with Crippen molar-refractivity contribution in [2.75, 3.05) is 17.7 Å². The molecule has 0 fully saturated rings. The van der Waals surface area contributed by atoms with Crippen LogP contribution >= 0.6 is 11.6 Å². The van der Waals surface area contributed by atoms with Crippen LogP contribution in [0.5, 0.6) is 0 Å². The number of amides is 1. The molecule has 0 aromatic carbocycles. The molecule has 0 bridgehead atoms. The number of aromatic nitrogens is 3. The Hall–Kier alpha value is -2.65. The number of nitrogens with two attached hydrogens (primary N) is 1. The van der Waals surface area contributed by atoms with E-state index in [9.17, 15) is 4.79 Å². The van der Waals surface area contributed by atoms with Crippen molar-refractivity contribution in [3.63, 3.8) is 0 Å². The Morgan fingerprint density at radius 1 is 1.30 bits per heavy atom. The first-order valence-electron chi connectivity index (χ1n) is 8.60. The van der Waals surface area contributed by atoms with Gasteiger partial charge in [0.05, 0.1) is 27.4 Å². The average Bonchev–Trinajstić information content (AvgIpc) is 2.59. The van der Waals surface area contributed by atoms with Crippen LogP contribution in [0.25, 0.3) is 0 Å². The summed E-state index contributed by atoms with van der Waals surface area (Å²) in [4.78, 5) is 26.6. The maximum absolute atomic E-state index is 12.1. The Kier molecular flexibility index (Phi) is 6.07. The summed E-state index contributed by atoms with van der Waals surface area (Å²) in [7, 11) is 1.64. The number of halogens is 1. The molecular formula is C20H24ClN5O. The molecule has 0 saturated carbocycles. The second-order valence-electron chi connectivity index (χ2n) is 7.16. The summed E-state index contributed by atoms with van der Waals surface area (Å²) >= 11 is 5.90. The van der Waals surface area contributed by atoms with Crippen molar-refractivity contribution in [1.82, 2.24) is 15.0 Å². The van der Waals surface area contributed by atoms with Gasteiger partial charge in [-0.2, -0.15) is 4.98 Å². The van der Waals surface area contributed by atoms with Gasteiger partial charge in [-0.1, -0.05) is 37.3 Å². The lowest BCUT2D eigenvalue weighted by Gasteiger charge is -2.19. The molecular weight excluding hydrogens is 362 g/mol. The van der Waals surface area contributed by atoms with Gasteiger partial charge in [-0.15, -0.1) is 0 Å². The van der Waals surface area contributed by atoms with Crippen molar-refractivity contribution in [2.24, 2.45) is 5.92 Å². The molecule has 0 atom stereocenters. The number of nitrogen functional groups attached to an aromatic ring is 1. The maximum atomic E-state index is 12.1. The molecule has 0 radical (unpaired) electrons. The molecule has 0 saturated heterocycles. The monoisotopic (exact) mass is 385 g/mol. The lowest BCUT2D eigenvalue weighted by molar-refractivity contribution is -0.121. The Balaban J connectivity index is 2.37. The summed E-state index contributed by atoms with van der Waals surface area (Å²) in [6.07, 6.45) is 1.60. The van der Waals surface area contributed by atoms with Gasteiger partial charge in [0, 0.05) is 19.2 Å². The summed E-state index contributed by atoms with van der Waals surface area (Å²) in [5, 5.41) is 0.576. The van der Waals surface area contributed by atoms with Crippen LogP contribution in [0.3, 0.4) is 0 Å². The van der Waals surface area contributed by atoms with Crippen LogP contribution in [0.4, 0.5) is 11.8 Å². The zero-order valence-electron chi connectivity index (χ0n) is 16.5. The largest absolute Gasteiger partial charge is 0.382 e. The van der Waals surface area contributed by atoms with Crippen LogP contribution in [0.1, 0.15) is 44.6 Å². The molecule has 0 unspecified atom stereocenters. The number of carbonyl (C=O) groups is 1. The molecule has 2 rings (SSSR count). The van der Waals surface area contributed by atoms with Crippen LogP contribution in [0.15, 0.2) is 18.3 Å². The van der Waals surface area contributed by atoms with E-state index >= 15 is 0 Å². The molecule has 142 valence electrons. The van der Waals surface area contributed by atoms with Crippen LogP contribution in [0, 0.1) is 24.7 Å². The number of anilines is 2. The highest BCUT2D eigenvalue weighted by Gasteiger charge is 2.21. The Morgan fingerprint density at radius 2 is 1.96 bits per heavy atom. The molecule has 0 aliphatic heterocycles. The Labute approximate surface area is 165 Å². The smallest absolute Gasteiger partial charge is 0.234 e. The number of nitrogens with zero attached hydrogens (tertiary/aromatic N) is 4. The normalized spacial score (nSPS) is 11.1. The van der Waals surface area contributed by atoms with Gasteiger partial charge >= 0.3 is 0 Å². The predicted octanol–water partition coefficient (Wildman–Crippen LogP) is 3.36.